The molecule has 0 unspecified atom stereocenters. The number of anilines is 1. The summed E-state index contributed by atoms with van der Waals surface area (Å²) in [6.45, 7) is 5.17. The number of nitrogens with zero attached hydrogens (tertiary/aromatic N) is 4. The molecule has 2 aromatic carbocycles. The van der Waals surface area contributed by atoms with E-state index in [4.69, 9.17) is 9.47 Å². The van der Waals surface area contributed by atoms with E-state index in [0.29, 0.717) is 36.0 Å². The van der Waals surface area contributed by atoms with E-state index >= 15 is 0 Å². The molecule has 4 rings (SSSR count). The fourth-order valence-electron chi connectivity index (χ4n) is 4.39. The predicted octanol–water partition coefficient (Wildman–Crippen LogP) is 4.41. The zero-order valence-electron chi connectivity index (χ0n) is 20.2. The standard InChI is InChI=1S/C26H28N4O5/c1-17-16-29(18(2)15-28(17)20-9-11-21(12-10-20)30(32)33)26(31)23-7-5-6-22(27-23)19-8-13-24(34-3)25(14-19)35-4/h5-14,17-18H,15-16H2,1-4H3/t17-,18+/m0/s1. The summed E-state index contributed by atoms with van der Waals surface area (Å²) in [6, 6.07) is 17.4. The molecular formula is C26H28N4O5. The van der Waals surface area contributed by atoms with E-state index in [9.17, 15) is 14.9 Å². The second-order valence-electron chi connectivity index (χ2n) is 8.56. The van der Waals surface area contributed by atoms with E-state index in [1.165, 1.54) is 12.1 Å². The van der Waals surface area contributed by atoms with Crippen LogP contribution in [0.5, 0.6) is 11.5 Å². The molecule has 0 aliphatic carbocycles. The number of nitro benzene ring substituents is 1. The lowest BCUT2D eigenvalue weighted by atomic mass is 10.1. The van der Waals surface area contributed by atoms with Crippen LogP contribution in [0.25, 0.3) is 11.3 Å². The molecule has 1 aliphatic heterocycles. The number of non-ortho nitro benzene ring substituents is 1. The average molecular weight is 477 g/mol. The predicted molar refractivity (Wildman–Crippen MR) is 133 cm³/mol. The van der Waals surface area contributed by atoms with Crippen LogP contribution in [0, 0.1) is 10.1 Å². The van der Waals surface area contributed by atoms with Gasteiger partial charge in [-0.3, -0.25) is 14.9 Å². The molecule has 1 fully saturated rings. The van der Waals surface area contributed by atoms with Crippen molar-refractivity contribution < 1.29 is 19.2 Å². The van der Waals surface area contributed by atoms with Crippen LogP contribution in [-0.4, -0.2) is 60.1 Å². The third-order valence-corrected chi connectivity index (χ3v) is 6.29. The van der Waals surface area contributed by atoms with E-state index in [0.717, 1.165) is 11.3 Å². The Morgan fingerprint density at radius 3 is 2.34 bits per heavy atom. The second-order valence-corrected chi connectivity index (χ2v) is 8.56. The van der Waals surface area contributed by atoms with Crippen LogP contribution in [0.2, 0.25) is 0 Å². The molecule has 2 atom stereocenters. The number of amides is 1. The first kappa shape index (κ1) is 24.0. The fourth-order valence-corrected chi connectivity index (χ4v) is 4.39. The van der Waals surface area contributed by atoms with Crippen molar-refractivity contribution in [3.63, 3.8) is 0 Å². The molecule has 1 saturated heterocycles. The number of nitro groups is 1. The van der Waals surface area contributed by atoms with Crippen LogP contribution >= 0.6 is 0 Å². The van der Waals surface area contributed by atoms with Crippen molar-refractivity contribution in [2.75, 3.05) is 32.2 Å². The first-order valence-electron chi connectivity index (χ1n) is 11.3. The van der Waals surface area contributed by atoms with Gasteiger partial charge >= 0.3 is 0 Å². The van der Waals surface area contributed by atoms with Crippen molar-refractivity contribution in [1.29, 1.82) is 0 Å². The molecule has 2 heterocycles. The molecule has 0 N–H and O–H groups in total. The summed E-state index contributed by atoms with van der Waals surface area (Å²) in [5.41, 5.74) is 2.82. The van der Waals surface area contributed by atoms with Crippen molar-refractivity contribution in [2.24, 2.45) is 0 Å². The lowest BCUT2D eigenvalue weighted by Crippen LogP contribution is -2.58. The summed E-state index contributed by atoms with van der Waals surface area (Å²) in [4.78, 5) is 32.7. The summed E-state index contributed by atoms with van der Waals surface area (Å²) >= 11 is 0. The summed E-state index contributed by atoms with van der Waals surface area (Å²) in [7, 11) is 3.16. The van der Waals surface area contributed by atoms with Crippen molar-refractivity contribution >= 4 is 17.3 Å². The van der Waals surface area contributed by atoms with E-state index in [2.05, 4.69) is 9.88 Å². The quantitative estimate of drug-likeness (QED) is 0.384. The maximum Gasteiger partial charge on any atom is 0.272 e. The van der Waals surface area contributed by atoms with Gasteiger partial charge in [0.1, 0.15) is 5.69 Å². The Labute approximate surface area is 204 Å². The highest BCUT2D eigenvalue weighted by Gasteiger charge is 2.33. The van der Waals surface area contributed by atoms with Gasteiger partial charge in [-0.1, -0.05) is 6.07 Å². The van der Waals surface area contributed by atoms with Crippen molar-refractivity contribution in [3.8, 4) is 22.8 Å². The van der Waals surface area contributed by atoms with Gasteiger partial charge in [0.2, 0.25) is 0 Å². The number of methoxy groups -OCH3 is 2. The van der Waals surface area contributed by atoms with E-state index in [1.54, 1.807) is 32.4 Å². The number of piperazine rings is 1. The van der Waals surface area contributed by atoms with Gasteiger partial charge in [0.15, 0.2) is 11.5 Å². The molecule has 35 heavy (non-hydrogen) atoms. The molecule has 0 saturated carbocycles. The number of ether oxygens (including phenoxy) is 2. The smallest absolute Gasteiger partial charge is 0.272 e. The number of benzene rings is 2. The van der Waals surface area contributed by atoms with Crippen LogP contribution in [0.3, 0.4) is 0 Å². The third kappa shape index (κ3) is 4.89. The first-order chi connectivity index (χ1) is 16.8. The topological polar surface area (TPSA) is 98.0 Å². The third-order valence-electron chi connectivity index (χ3n) is 6.29. The van der Waals surface area contributed by atoms with Gasteiger partial charge in [-0.2, -0.15) is 0 Å². The van der Waals surface area contributed by atoms with Gasteiger partial charge in [0, 0.05) is 48.6 Å². The minimum atomic E-state index is -0.407. The summed E-state index contributed by atoms with van der Waals surface area (Å²) in [5, 5.41) is 11.0. The van der Waals surface area contributed by atoms with Crippen molar-refractivity contribution in [1.82, 2.24) is 9.88 Å². The Kier molecular flexibility index (Phi) is 6.86. The highest BCUT2D eigenvalue weighted by molar-refractivity contribution is 5.93. The molecule has 1 aromatic heterocycles. The minimum absolute atomic E-state index is 0.0330. The fraction of sp³-hybridized carbons (Fsp3) is 0.308. The highest BCUT2D eigenvalue weighted by Crippen LogP contribution is 2.32. The van der Waals surface area contributed by atoms with Gasteiger partial charge in [0.05, 0.1) is 24.8 Å². The van der Waals surface area contributed by atoms with Crippen LogP contribution in [0.1, 0.15) is 24.3 Å². The number of carbonyl (C=O) groups excluding carboxylic acids is 1. The van der Waals surface area contributed by atoms with Gasteiger partial charge < -0.3 is 19.3 Å². The lowest BCUT2D eigenvalue weighted by Gasteiger charge is -2.45. The molecule has 9 nitrogen and oxygen atoms in total. The zero-order valence-corrected chi connectivity index (χ0v) is 20.2. The molecule has 1 aliphatic rings. The SMILES string of the molecule is COc1ccc(-c2cccc(C(=O)N3C[C@H](C)N(c4ccc([N+](=O)[O-])cc4)C[C@H]3C)n2)cc1OC. The monoisotopic (exact) mass is 476 g/mol. The molecule has 9 heteroatoms. The zero-order chi connectivity index (χ0) is 25.1. The number of pyridine rings is 1. The molecule has 0 bridgehead atoms. The van der Waals surface area contributed by atoms with E-state index < -0.39 is 4.92 Å². The number of carbonyl (C=O) groups is 1. The number of hydrogen-bond acceptors (Lipinski definition) is 7. The Morgan fingerprint density at radius 2 is 1.69 bits per heavy atom. The molecule has 0 spiro atoms. The van der Waals surface area contributed by atoms with Crippen LogP contribution in [0.4, 0.5) is 11.4 Å². The van der Waals surface area contributed by atoms with Crippen LogP contribution < -0.4 is 14.4 Å². The molecule has 1 amide bonds. The lowest BCUT2D eigenvalue weighted by molar-refractivity contribution is -0.384. The molecule has 0 radical (unpaired) electrons. The van der Waals surface area contributed by atoms with E-state index in [-0.39, 0.29) is 23.7 Å². The summed E-state index contributed by atoms with van der Waals surface area (Å²) in [5.74, 6) is 1.08. The normalized spacial score (nSPS) is 17.7. The van der Waals surface area contributed by atoms with Crippen LogP contribution in [-0.2, 0) is 0 Å². The largest absolute Gasteiger partial charge is 0.493 e. The molecule has 3 aromatic rings. The Balaban J connectivity index is 1.53. The van der Waals surface area contributed by atoms with Crippen molar-refractivity contribution in [3.05, 3.63) is 76.5 Å². The van der Waals surface area contributed by atoms with Crippen molar-refractivity contribution in [2.45, 2.75) is 25.9 Å². The first-order valence-corrected chi connectivity index (χ1v) is 11.3. The number of hydrogen-bond donors (Lipinski definition) is 0. The summed E-state index contributed by atoms with van der Waals surface area (Å²) < 4.78 is 10.7. The van der Waals surface area contributed by atoms with Gasteiger partial charge in [-0.25, -0.2) is 4.98 Å². The Morgan fingerprint density at radius 1 is 0.971 bits per heavy atom. The average Bonchev–Trinajstić information content (AvgIpc) is 2.89. The number of aromatic nitrogens is 1. The second kappa shape index (κ2) is 10.0. The molecular weight excluding hydrogens is 448 g/mol. The highest BCUT2D eigenvalue weighted by atomic mass is 16.6. The van der Waals surface area contributed by atoms with Crippen LogP contribution in [0.15, 0.2) is 60.7 Å². The maximum absolute atomic E-state index is 13.5. The van der Waals surface area contributed by atoms with Gasteiger partial charge in [-0.15, -0.1) is 0 Å². The number of rotatable bonds is 6. The minimum Gasteiger partial charge on any atom is -0.493 e. The summed E-state index contributed by atoms with van der Waals surface area (Å²) in [6.07, 6.45) is 0. The van der Waals surface area contributed by atoms with Gasteiger partial charge in [-0.05, 0) is 56.3 Å². The van der Waals surface area contributed by atoms with Gasteiger partial charge in [0.25, 0.3) is 11.6 Å². The Bertz CT molecular complexity index is 1230. The van der Waals surface area contributed by atoms with E-state index in [1.807, 2.05) is 49.1 Å². The Hall–Kier alpha value is -4.14. The maximum atomic E-state index is 13.5. The molecule has 182 valence electrons.